The minimum Gasteiger partial charge on any atom is -0.507 e. The van der Waals surface area contributed by atoms with Gasteiger partial charge in [-0.05, 0) is 74.9 Å². The Labute approximate surface area is 200 Å². The molecule has 0 aromatic heterocycles. The molecule has 0 amide bonds. The van der Waals surface area contributed by atoms with E-state index in [0.29, 0.717) is 11.5 Å². The Kier molecular flexibility index (Phi) is 11.0. The van der Waals surface area contributed by atoms with Crippen LogP contribution in [0.1, 0.15) is 59.1 Å². The number of aryl methyl sites for hydroxylation is 4. The van der Waals surface area contributed by atoms with Crippen LogP contribution in [0.2, 0.25) is 0 Å². The van der Waals surface area contributed by atoms with Crippen molar-refractivity contribution in [2.75, 3.05) is 0 Å². The standard InChI is InChI=1S/C24H30N2O2.Cr.N3/c1-15-9-17(3)23(27)19(11-15)13-25-21-7-5-6-8-22(21)26-14-20-12-16(2)10-18(4)24(20)28;;1-3-2/h9-14,21-22,27-28H,5-8H2,1-4H3;;/q;;-1/t21-,22-;;/m0../s1. The molecule has 0 heterocycles. The van der Waals surface area contributed by atoms with Crippen molar-refractivity contribution >= 4 is 12.4 Å². The van der Waals surface area contributed by atoms with Crippen LogP contribution in [0.5, 0.6) is 11.5 Å². The molecule has 0 bridgehead atoms. The number of nitrogens with zero attached hydrogens (tertiary/aromatic N) is 5. The van der Waals surface area contributed by atoms with E-state index in [-0.39, 0.29) is 29.4 Å². The molecule has 0 radical (unpaired) electrons. The number of benzene rings is 2. The fourth-order valence-electron chi connectivity index (χ4n) is 3.97. The normalized spacial score (nSPS) is 18.0. The molecule has 7 nitrogen and oxygen atoms in total. The first-order valence-corrected chi connectivity index (χ1v) is 10.4. The predicted octanol–water partition coefficient (Wildman–Crippen LogP) is 6.04. The van der Waals surface area contributed by atoms with Gasteiger partial charge in [-0.25, -0.2) is 0 Å². The Bertz CT molecular complexity index is 938. The van der Waals surface area contributed by atoms with E-state index >= 15 is 0 Å². The van der Waals surface area contributed by atoms with Gasteiger partial charge in [0.2, 0.25) is 0 Å². The Hall–Kier alpha value is -2.78. The summed E-state index contributed by atoms with van der Waals surface area (Å²) in [5, 5.41) is 20.6. The number of phenols is 2. The van der Waals surface area contributed by atoms with Gasteiger partial charge in [-0.2, -0.15) is 0 Å². The zero-order valence-corrected chi connectivity index (χ0v) is 20.3. The summed E-state index contributed by atoms with van der Waals surface area (Å²) in [5.41, 5.74) is 19.0. The first-order chi connectivity index (χ1) is 14.8. The van der Waals surface area contributed by atoms with Crippen LogP contribution in [0.4, 0.5) is 0 Å². The fourth-order valence-corrected chi connectivity index (χ4v) is 3.97. The fraction of sp³-hybridized carbons (Fsp3) is 0.417. The van der Waals surface area contributed by atoms with Crippen molar-refractivity contribution in [2.24, 2.45) is 9.98 Å². The first-order valence-electron chi connectivity index (χ1n) is 10.4. The number of hydrogen-bond donors (Lipinski definition) is 2. The third-order valence-electron chi connectivity index (χ3n) is 5.45. The molecular formula is C24H30CrN5O2-. The SMILES string of the molecule is Cc1cc(C)c(O)c(C=N[C@H]2CCCC[C@@H]2N=Cc2cc(C)cc(C)c2O)c1.[Cr].[N-]=[N+]=[N-]. The van der Waals surface area contributed by atoms with Crippen molar-refractivity contribution in [3.63, 3.8) is 0 Å². The summed E-state index contributed by atoms with van der Waals surface area (Å²) in [6.07, 6.45) is 7.85. The summed E-state index contributed by atoms with van der Waals surface area (Å²) in [5.74, 6) is 0.593. The number of rotatable bonds is 4. The van der Waals surface area contributed by atoms with Gasteiger partial charge in [0, 0.05) is 40.9 Å². The maximum absolute atomic E-state index is 10.3. The third kappa shape index (κ3) is 7.42. The van der Waals surface area contributed by atoms with Crippen LogP contribution in [0, 0.1) is 27.7 Å². The molecule has 32 heavy (non-hydrogen) atoms. The second-order valence-corrected chi connectivity index (χ2v) is 8.10. The topological polar surface area (TPSA) is 124 Å². The molecule has 0 saturated heterocycles. The molecule has 0 aliphatic heterocycles. The molecule has 0 unspecified atom stereocenters. The van der Waals surface area contributed by atoms with E-state index in [9.17, 15) is 10.2 Å². The van der Waals surface area contributed by atoms with Crippen LogP contribution >= 0.6 is 0 Å². The van der Waals surface area contributed by atoms with E-state index < -0.39 is 0 Å². The van der Waals surface area contributed by atoms with Gasteiger partial charge < -0.3 is 21.3 Å². The molecule has 8 heteroatoms. The first kappa shape index (κ1) is 27.3. The predicted molar refractivity (Wildman–Crippen MR) is 126 cm³/mol. The third-order valence-corrected chi connectivity index (χ3v) is 5.45. The summed E-state index contributed by atoms with van der Waals surface area (Å²) in [4.78, 5) is 11.1. The maximum Gasteiger partial charge on any atom is 0.127 e. The van der Waals surface area contributed by atoms with Gasteiger partial charge in [0.15, 0.2) is 0 Å². The second-order valence-electron chi connectivity index (χ2n) is 8.10. The molecule has 0 spiro atoms. The number of aromatic hydroxyl groups is 2. The molecule has 2 aromatic rings. The molecule has 170 valence electrons. The molecule has 1 fully saturated rings. The molecule has 2 atom stereocenters. The second kappa shape index (κ2) is 12.9. The summed E-state index contributed by atoms with van der Waals surface area (Å²) < 4.78 is 0. The Morgan fingerprint density at radius 3 is 1.47 bits per heavy atom. The van der Waals surface area contributed by atoms with Crippen LogP contribution in [-0.4, -0.2) is 34.7 Å². The number of hydrogen-bond acceptors (Lipinski definition) is 4. The maximum atomic E-state index is 10.3. The van der Waals surface area contributed by atoms with Gasteiger partial charge in [-0.3, -0.25) is 14.9 Å². The van der Waals surface area contributed by atoms with E-state index in [1.165, 1.54) is 4.91 Å². The van der Waals surface area contributed by atoms with Crippen LogP contribution in [0.15, 0.2) is 34.3 Å². The quantitative estimate of drug-likeness (QED) is 0.244. The summed E-state index contributed by atoms with van der Waals surface area (Å²) in [6.45, 7) is 7.86. The average molecular weight is 473 g/mol. The van der Waals surface area contributed by atoms with Crippen LogP contribution < -0.4 is 0 Å². The summed E-state index contributed by atoms with van der Waals surface area (Å²) in [7, 11) is 0. The molecular weight excluding hydrogens is 442 g/mol. The van der Waals surface area contributed by atoms with Crippen molar-refractivity contribution in [3.8, 4) is 11.5 Å². The monoisotopic (exact) mass is 472 g/mol. The van der Waals surface area contributed by atoms with Gasteiger partial charge in [0.1, 0.15) is 11.5 Å². The Morgan fingerprint density at radius 1 is 0.781 bits per heavy atom. The van der Waals surface area contributed by atoms with E-state index in [4.69, 9.17) is 21.0 Å². The van der Waals surface area contributed by atoms with Crippen LogP contribution in [-0.2, 0) is 17.4 Å². The van der Waals surface area contributed by atoms with Crippen LogP contribution in [0.3, 0.4) is 0 Å². The summed E-state index contributed by atoms with van der Waals surface area (Å²) >= 11 is 0. The molecule has 2 aromatic carbocycles. The average Bonchev–Trinajstić information content (AvgIpc) is 2.72. The molecule has 1 aliphatic rings. The van der Waals surface area contributed by atoms with E-state index in [1.54, 1.807) is 12.4 Å². The van der Waals surface area contributed by atoms with Crippen molar-refractivity contribution in [2.45, 2.75) is 65.5 Å². The molecule has 2 N–H and O–H groups in total. The van der Waals surface area contributed by atoms with Gasteiger partial charge >= 0.3 is 0 Å². The van der Waals surface area contributed by atoms with Crippen LogP contribution in [0.25, 0.3) is 16.0 Å². The van der Waals surface area contributed by atoms with Crippen molar-refractivity contribution < 1.29 is 27.6 Å². The number of phenolic OH excluding ortho intramolecular Hbond substituents is 2. The van der Waals surface area contributed by atoms with Crippen molar-refractivity contribution in [1.82, 2.24) is 0 Å². The van der Waals surface area contributed by atoms with Gasteiger partial charge in [-0.15, -0.1) is 0 Å². The van der Waals surface area contributed by atoms with E-state index in [2.05, 4.69) is 0 Å². The zero-order chi connectivity index (χ0) is 23.0. The summed E-state index contributed by atoms with van der Waals surface area (Å²) in [6, 6.07) is 8.05. The van der Waals surface area contributed by atoms with E-state index in [0.717, 1.165) is 59.1 Å². The van der Waals surface area contributed by atoms with Crippen molar-refractivity contribution in [1.29, 1.82) is 0 Å². The number of aliphatic imine (C=N–C) groups is 2. The molecule has 3 rings (SSSR count). The van der Waals surface area contributed by atoms with Gasteiger partial charge in [0.25, 0.3) is 0 Å². The molecule has 1 aliphatic carbocycles. The minimum atomic E-state index is 0. The molecule has 1 saturated carbocycles. The van der Waals surface area contributed by atoms with Gasteiger partial charge in [-0.1, -0.05) is 25.0 Å². The van der Waals surface area contributed by atoms with E-state index in [1.807, 2.05) is 52.0 Å². The van der Waals surface area contributed by atoms with Gasteiger partial charge in [0.05, 0.1) is 12.1 Å². The smallest absolute Gasteiger partial charge is 0.127 e. The zero-order valence-electron chi connectivity index (χ0n) is 19.0. The Balaban J connectivity index is 0.00000121. The van der Waals surface area contributed by atoms with Crippen molar-refractivity contribution in [3.05, 3.63) is 73.6 Å². The Morgan fingerprint density at radius 2 is 1.12 bits per heavy atom. The largest absolute Gasteiger partial charge is 0.507 e. The minimum absolute atomic E-state index is 0.